The quantitative estimate of drug-likeness (QED) is 0.601. The fraction of sp³-hybridized carbons (Fsp3) is 0.250. The van der Waals surface area contributed by atoms with Crippen LogP contribution in [0.1, 0.15) is 18.4 Å². The highest BCUT2D eigenvalue weighted by atomic mass is 19.1. The second kappa shape index (κ2) is 5.67. The van der Waals surface area contributed by atoms with Gasteiger partial charge in [-0.2, -0.15) is 5.26 Å². The molecule has 0 bridgehead atoms. The maximum absolute atomic E-state index is 13.1. The largest absolute Gasteiger partial charge is 0.385 e. The third kappa shape index (κ3) is 3.32. The molecular weight excluding hydrogens is 191 g/mol. The lowest BCUT2D eigenvalue weighted by Crippen LogP contribution is -2.01. The Morgan fingerprint density at radius 3 is 2.87 bits per heavy atom. The molecule has 15 heavy (non-hydrogen) atoms. The summed E-state index contributed by atoms with van der Waals surface area (Å²) >= 11 is 0. The SMILES string of the molecule is C#CCCCNc1ccc(C#N)c(F)c1. The molecule has 0 aliphatic heterocycles. The maximum Gasteiger partial charge on any atom is 0.143 e. The Bertz CT molecular complexity index is 413. The van der Waals surface area contributed by atoms with E-state index in [1.165, 1.54) is 12.1 Å². The molecule has 1 aromatic rings. The molecule has 0 aliphatic carbocycles. The van der Waals surface area contributed by atoms with Crippen LogP contribution in [-0.4, -0.2) is 6.54 Å². The summed E-state index contributed by atoms with van der Waals surface area (Å²) in [6.07, 6.45) is 6.64. The van der Waals surface area contributed by atoms with Crippen LogP contribution in [0.25, 0.3) is 0 Å². The van der Waals surface area contributed by atoms with Gasteiger partial charge in [0.05, 0.1) is 5.56 Å². The molecule has 0 spiro atoms. The molecule has 0 aliphatic rings. The Balaban J connectivity index is 2.54. The van der Waals surface area contributed by atoms with Gasteiger partial charge < -0.3 is 5.32 Å². The molecule has 1 N–H and O–H groups in total. The van der Waals surface area contributed by atoms with Crippen molar-refractivity contribution >= 4 is 5.69 Å². The van der Waals surface area contributed by atoms with Gasteiger partial charge in [0, 0.05) is 18.7 Å². The minimum absolute atomic E-state index is 0.0594. The van der Waals surface area contributed by atoms with Gasteiger partial charge in [0.15, 0.2) is 0 Å². The van der Waals surface area contributed by atoms with Crippen molar-refractivity contribution < 1.29 is 4.39 Å². The normalized spacial score (nSPS) is 9.00. The van der Waals surface area contributed by atoms with E-state index in [0.29, 0.717) is 18.7 Å². The van der Waals surface area contributed by atoms with Crippen molar-refractivity contribution in [3.05, 3.63) is 29.6 Å². The number of hydrogen-bond donors (Lipinski definition) is 1. The highest BCUT2D eigenvalue weighted by molar-refractivity contribution is 5.48. The molecule has 0 heterocycles. The number of nitrogens with one attached hydrogen (secondary N) is 1. The Labute approximate surface area is 88.7 Å². The zero-order valence-electron chi connectivity index (χ0n) is 8.26. The molecule has 0 radical (unpaired) electrons. The van der Waals surface area contributed by atoms with Crippen LogP contribution in [0.4, 0.5) is 10.1 Å². The lowest BCUT2D eigenvalue weighted by Gasteiger charge is -2.05. The number of rotatable bonds is 4. The summed E-state index contributed by atoms with van der Waals surface area (Å²) in [7, 11) is 0. The predicted molar refractivity (Wildman–Crippen MR) is 57.7 cm³/mol. The van der Waals surface area contributed by atoms with E-state index in [-0.39, 0.29) is 5.56 Å². The first-order chi connectivity index (χ1) is 7.27. The smallest absolute Gasteiger partial charge is 0.143 e. The summed E-state index contributed by atoms with van der Waals surface area (Å²) in [5.74, 6) is 2.03. The van der Waals surface area contributed by atoms with Crippen LogP contribution in [-0.2, 0) is 0 Å². The molecule has 3 heteroatoms. The molecule has 0 amide bonds. The second-order valence-electron chi connectivity index (χ2n) is 3.04. The number of terminal acetylenes is 1. The first kappa shape index (κ1) is 11.1. The van der Waals surface area contributed by atoms with Crippen LogP contribution in [0.5, 0.6) is 0 Å². The minimum atomic E-state index is -0.501. The maximum atomic E-state index is 13.1. The molecule has 1 aromatic carbocycles. The fourth-order valence-electron chi connectivity index (χ4n) is 1.14. The van der Waals surface area contributed by atoms with Crippen LogP contribution in [0.3, 0.4) is 0 Å². The van der Waals surface area contributed by atoms with Crippen molar-refractivity contribution in [1.82, 2.24) is 0 Å². The molecule has 0 atom stereocenters. The first-order valence-electron chi connectivity index (χ1n) is 4.65. The zero-order valence-corrected chi connectivity index (χ0v) is 8.26. The van der Waals surface area contributed by atoms with Crippen molar-refractivity contribution in [3.8, 4) is 18.4 Å². The van der Waals surface area contributed by atoms with E-state index < -0.39 is 5.82 Å². The molecule has 0 fully saturated rings. The van der Waals surface area contributed by atoms with Gasteiger partial charge in [-0.05, 0) is 24.6 Å². The highest BCUT2D eigenvalue weighted by Gasteiger charge is 2.01. The fourth-order valence-corrected chi connectivity index (χ4v) is 1.14. The van der Waals surface area contributed by atoms with Gasteiger partial charge in [0.1, 0.15) is 11.9 Å². The van der Waals surface area contributed by atoms with Gasteiger partial charge in [-0.3, -0.25) is 0 Å². The second-order valence-corrected chi connectivity index (χ2v) is 3.04. The van der Waals surface area contributed by atoms with Crippen molar-refractivity contribution in [3.63, 3.8) is 0 Å². The zero-order chi connectivity index (χ0) is 11.1. The Morgan fingerprint density at radius 2 is 2.27 bits per heavy atom. The molecule has 0 saturated heterocycles. The van der Waals surface area contributed by atoms with Gasteiger partial charge >= 0.3 is 0 Å². The monoisotopic (exact) mass is 202 g/mol. The number of benzene rings is 1. The van der Waals surface area contributed by atoms with Crippen molar-refractivity contribution in [2.24, 2.45) is 0 Å². The number of halogens is 1. The number of nitriles is 1. The standard InChI is InChI=1S/C12H11FN2/c1-2-3-4-7-15-11-6-5-10(9-14)12(13)8-11/h1,5-6,8,15H,3-4,7H2. The third-order valence-corrected chi connectivity index (χ3v) is 1.92. The topological polar surface area (TPSA) is 35.8 Å². The summed E-state index contributed by atoms with van der Waals surface area (Å²) in [4.78, 5) is 0. The summed E-state index contributed by atoms with van der Waals surface area (Å²) < 4.78 is 13.1. The van der Waals surface area contributed by atoms with Crippen LogP contribution >= 0.6 is 0 Å². The summed E-state index contributed by atoms with van der Waals surface area (Å²) in [5, 5.41) is 11.5. The lowest BCUT2D eigenvalue weighted by molar-refractivity contribution is 0.624. The minimum Gasteiger partial charge on any atom is -0.385 e. The molecule has 0 unspecified atom stereocenters. The molecule has 2 nitrogen and oxygen atoms in total. The van der Waals surface area contributed by atoms with E-state index in [4.69, 9.17) is 11.7 Å². The summed E-state index contributed by atoms with van der Waals surface area (Å²) in [5.41, 5.74) is 0.729. The molecule has 0 saturated carbocycles. The van der Waals surface area contributed by atoms with Gasteiger partial charge in [-0.25, -0.2) is 4.39 Å². The summed E-state index contributed by atoms with van der Waals surface area (Å²) in [6, 6.07) is 6.22. The van der Waals surface area contributed by atoms with E-state index in [2.05, 4.69) is 11.2 Å². The average molecular weight is 202 g/mol. The molecular formula is C12H11FN2. The van der Waals surface area contributed by atoms with Crippen LogP contribution in [0, 0.1) is 29.5 Å². The number of anilines is 1. The van der Waals surface area contributed by atoms with E-state index in [1.807, 2.05) is 0 Å². The van der Waals surface area contributed by atoms with Crippen LogP contribution in [0.2, 0.25) is 0 Å². The number of hydrogen-bond acceptors (Lipinski definition) is 2. The lowest BCUT2D eigenvalue weighted by atomic mass is 10.2. The van der Waals surface area contributed by atoms with E-state index in [0.717, 1.165) is 6.42 Å². The van der Waals surface area contributed by atoms with Gasteiger partial charge in [-0.15, -0.1) is 12.3 Å². The molecule has 76 valence electrons. The van der Waals surface area contributed by atoms with E-state index >= 15 is 0 Å². The first-order valence-corrected chi connectivity index (χ1v) is 4.65. The molecule has 0 aromatic heterocycles. The molecule has 1 rings (SSSR count). The Kier molecular flexibility index (Phi) is 4.19. The van der Waals surface area contributed by atoms with Crippen molar-refractivity contribution in [2.75, 3.05) is 11.9 Å². The summed E-state index contributed by atoms with van der Waals surface area (Å²) in [6.45, 7) is 0.704. The van der Waals surface area contributed by atoms with Crippen LogP contribution in [0.15, 0.2) is 18.2 Å². The van der Waals surface area contributed by atoms with E-state index in [1.54, 1.807) is 12.1 Å². The van der Waals surface area contributed by atoms with Crippen molar-refractivity contribution in [2.45, 2.75) is 12.8 Å². The van der Waals surface area contributed by atoms with Gasteiger partial charge in [0.25, 0.3) is 0 Å². The highest BCUT2D eigenvalue weighted by Crippen LogP contribution is 2.13. The third-order valence-electron chi connectivity index (χ3n) is 1.92. The Hall–Kier alpha value is -2.00. The van der Waals surface area contributed by atoms with E-state index in [9.17, 15) is 4.39 Å². The van der Waals surface area contributed by atoms with Crippen molar-refractivity contribution in [1.29, 1.82) is 5.26 Å². The Morgan fingerprint density at radius 1 is 1.47 bits per heavy atom. The van der Waals surface area contributed by atoms with Gasteiger partial charge in [0.2, 0.25) is 0 Å². The predicted octanol–water partition coefficient (Wildman–Crippen LogP) is 2.52. The number of unbranched alkanes of at least 4 members (excludes halogenated alkanes) is 1. The average Bonchev–Trinajstić information content (AvgIpc) is 2.25. The number of nitrogens with zero attached hydrogens (tertiary/aromatic N) is 1. The van der Waals surface area contributed by atoms with Crippen LogP contribution < -0.4 is 5.32 Å². The van der Waals surface area contributed by atoms with Gasteiger partial charge in [-0.1, -0.05) is 0 Å².